The predicted molar refractivity (Wildman–Crippen MR) is 97.7 cm³/mol. The molecule has 1 atom stereocenters. The van der Waals surface area contributed by atoms with Crippen LogP contribution in [0.1, 0.15) is 12.0 Å². The Balaban J connectivity index is 0.00000243. The molecule has 2 heterocycles. The van der Waals surface area contributed by atoms with Crippen molar-refractivity contribution in [3.8, 4) is 0 Å². The van der Waals surface area contributed by atoms with Crippen LogP contribution in [0.2, 0.25) is 0 Å². The summed E-state index contributed by atoms with van der Waals surface area (Å²) >= 11 is 0. The number of ether oxygens (including phenoxy) is 1. The van der Waals surface area contributed by atoms with Gasteiger partial charge in [0.25, 0.3) is 0 Å². The smallest absolute Gasteiger partial charge is 0.240 e. The second-order valence-corrected chi connectivity index (χ2v) is 6.43. The number of amides is 2. The topological polar surface area (TPSA) is 61.9 Å². The van der Waals surface area contributed by atoms with Gasteiger partial charge in [-0.2, -0.15) is 0 Å². The Bertz CT molecular complexity index is 608. The first-order valence-electron chi connectivity index (χ1n) is 8.75. The first kappa shape index (κ1) is 20.6. The number of hydrogen-bond donors (Lipinski definition) is 1. The maximum absolute atomic E-state index is 12.9. The van der Waals surface area contributed by atoms with Crippen molar-refractivity contribution in [3.63, 3.8) is 0 Å². The molecule has 2 saturated heterocycles. The standard InChI is InChI=1S/C18H24FN3O3.ClH/c19-15-3-1-14(2-4-15)13-17(23)20-6-8-22-7-5-16(18(22)24)21-9-11-25-12-10-21;/h1-4,16H,5-13H2,(H,20,23);1H. The summed E-state index contributed by atoms with van der Waals surface area (Å²) in [5.74, 6) is -0.288. The van der Waals surface area contributed by atoms with Crippen molar-refractivity contribution in [1.82, 2.24) is 15.1 Å². The van der Waals surface area contributed by atoms with Crippen molar-refractivity contribution >= 4 is 24.2 Å². The number of likely N-dealkylation sites (tertiary alicyclic amines) is 1. The summed E-state index contributed by atoms with van der Waals surface area (Å²) in [6.07, 6.45) is 1.05. The number of benzene rings is 1. The number of nitrogens with zero attached hydrogens (tertiary/aromatic N) is 2. The Morgan fingerprint density at radius 1 is 1.19 bits per heavy atom. The summed E-state index contributed by atoms with van der Waals surface area (Å²) in [5.41, 5.74) is 0.767. The second-order valence-electron chi connectivity index (χ2n) is 6.43. The average Bonchev–Trinajstić information content (AvgIpc) is 2.99. The molecule has 2 fully saturated rings. The van der Waals surface area contributed by atoms with Crippen molar-refractivity contribution in [1.29, 1.82) is 0 Å². The van der Waals surface area contributed by atoms with E-state index in [0.717, 1.165) is 31.6 Å². The minimum Gasteiger partial charge on any atom is -0.379 e. The Morgan fingerprint density at radius 2 is 1.88 bits per heavy atom. The van der Waals surface area contributed by atoms with Crippen LogP contribution in [0.25, 0.3) is 0 Å². The molecule has 8 heteroatoms. The van der Waals surface area contributed by atoms with Crippen LogP contribution < -0.4 is 5.32 Å². The SMILES string of the molecule is Cl.O=C(Cc1ccc(F)cc1)NCCN1CCC(N2CCOCC2)C1=O. The van der Waals surface area contributed by atoms with Crippen LogP contribution in [-0.4, -0.2) is 73.6 Å². The molecule has 1 N–H and O–H groups in total. The van der Waals surface area contributed by atoms with E-state index in [2.05, 4.69) is 10.2 Å². The van der Waals surface area contributed by atoms with Crippen molar-refractivity contribution < 1.29 is 18.7 Å². The molecule has 0 aromatic heterocycles. The van der Waals surface area contributed by atoms with Gasteiger partial charge in [0.2, 0.25) is 11.8 Å². The summed E-state index contributed by atoms with van der Waals surface area (Å²) in [6, 6.07) is 5.85. The third-order valence-corrected chi connectivity index (χ3v) is 4.74. The number of halogens is 2. The maximum atomic E-state index is 12.9. The quantitative estimate of drug-likeness (QED) is 0.788. The van der Waals surface area contributed by atoms with Crippen LogP contribution in [0.5, 0.6) is 0 Å². The summed E-state index contributed by atoms with van der Waals surface area (Å²) in [5, 5.41) is 2.83. The van der Waals surface area contributed by atoms with Gasteiger partial charge in [-0.15, -0.1) is 12.4 Å². The van der Waals surface area contributed by atoms with Crippen molar-refractivity contribution in [2.24, 2.45) is 0 Å². The molecule has 1 aromatic rings. The summed E-state index contributed by atoms with van der Waals surface area (Å²) < 4.78 is 18.2. The minimum atomic E-state index is -0.313. The Hall–Kier alpha value is -1.70. The van der Waals surface area contributed by atoms with Crippen molar-refractivity contribution in [3.05, 3.63) is 35.6 Å². The maximum Gasteiger partial charge on any atom is 0.240 e. The van der Waals surface area contributed by atoms with Gasteiger partial charge in [-0.05, 0) is 24.1 Å². The van der Waals surface area contributed by atoms with Gasteiger partial charge in [0.15, 0.2) is 0 Å². The number of carbonyl (C=O) groups is 2. The summed E-state index contributed by atoms with van der Waals surface area (Å²) in [7, 11) is 0. The molecule has 1 aromatic carbocycles. The second kappa shape index (κ2) is 9.85. The lowest BCUT2D eigenvalue weighted by atomic mass is 10.1. The van der Waals surface area contributed by atoms with Crippen LogP contribution in [0.3, 0.4) is 0 Å². The molecule has 0 radical (unpaired) electrons. The highest BCUT2D eigenvalue weighted by Crippen LogP contribution is 2.18. The van der Waals surface area contributed by atoms with E-state index in [4.69, 9.17) is 4.74 Å². The molecule has 0 spiro atoms. The van der Waals surface area contributed by atoms with Crippen molar-refractivity contribution in [2.45, 2.75) is 18.9 Å². The van der Waals surface area contributed by atoms with Gasteiger partial charge in [0.1, 0.15) is 5.82 Å². The molecular weight excluding hydrogens is 361 g/mol. The third-order valence-electron chi connectivity index (χ3n) is 4.74. The van der Waals surface area contributed by atoms with Crippen LogP contribution in [0.15, 0.2) is 24.3 Å². The first-order valence-corrected chi connectivity index (χ1v) is 8.75. The molecule has 1 unspecified atom stereocenters. The lowest BCUT2D eigenvalue weighted by molar-refractivity contribution is -0.133. The van der Waals surface area contributed by atoms with E-state index >= 15 is 0 Å². The van der Waals surface area contributed by atoms with Crippen molar-refractivity contribution in [2.75, 3.05) is 45.9 Å². The molecule has 2 aliphatic heterocycles. The number of nitrogens with one attached hydrogen (secondary N) is 1. The van der Waals surface area contributed by atoms with Gasteiger partial charge < -0.3 is 15.0 Å². The normalized spacial score (nSPS) is 20.7. The Labute approximate surface area is 159 Å². The van der Waals surface area contributed by atoms with Crippen LogP contribution in [0.4, 0.5) is 4.39 Å². The molecule has 3 rings (SSSR count). The van der Waals surface area contributed by atoms with Crippen LogP contribution in [-0.2, 0) is 20.7 Å². The van der Waals surface area contributed by atoms with E-state index in [-0.39, 0.29) is 42.5 Å². The molecule has 0 bridgehead atoms. The lowest BCUT2D eigenvalue weighted by Gasteiger charge is -2.31. The number of rotatable bonds is 6. The van der Waals surface area contributed by atoms with E-state index in [1.54, 1.807) is 12.1 Å². The molecule has 2 aliphatic rings. The zero-order chi connectivity index (χ0) is 17.6. The third kappa shape index (κ3) is 5.40. The van der Waals surface area contributed by atoms with Gasteiger partial charge in [-0.1, -0.05) is 12.1 Å². The fourth-order valence-corrected chi connectivity index (χ4v) is 3.35. The number of morpholine rings is 1. The van der Waals surface area contributed by atoms with E-state index in [1.807, 2.05) is 4.90 Å². The summed E-state index contributed by atoms with van der Waals surface area (Å²) in [4.78, 5) is 28.4. The zero-order valence-electron chi connectivity index (χ0n) is 14.7. The molecule has 0 aliphatic carbocycles. The highest BCUT2D eigenvalue weighted by Gasteiger charge is 2.36. The molecule has 0 saturated carbocycles. The fraction of sp³-hybridized carbons (Fsp3) is 0.556. The first-order chi connectivity index (χ1) is 12.1. The van der Waals surface area contributed by atoms with Gasteiger partial charge >= 0.3 is 0 Å². The number of hydrogen-bond acceptors (Lipinski definition) is 4. The molecule has 144 valence electrons. The molecule has 6 nitrogen and oxygen atoms in total. The number of carbonyl (C=O) groups excluding carboxylic acids is 2. The van der Waals surface area contributed by atoms with E-state index in [0.29, 0.717) is 26.3 Å². The van der Waals surface area contributed by atoms with E-state index in [1.165, 1.54) is 12.1 Å². The van der Waals surface area contributed by atoms with Crippen LogP contribution >= 0.6 is 12.4 Å². The van der Waals surface area contributed by atoms with Gasteiger partial charge in [-0.3, -0.25) is 14.5 Å². The molecular formula is C18H25ClFN3O3. The summed E-state index contributed by atoms with van der Waals surface area (Å²) in [6.45, 7) is 4.66. The largest absolute Gasteiger partial charge is 0.379 e. The van der Waals surface area contributed by atoms with Gasteiger partial charge in [0.05, 0.1) is 25.7 Å². The monoisotopic (exact) mass is 385 g/mol. The van der Waals surface area contributed by atoms with Gasteiger partial charge in [0, 0.05) is 32.7 Å². The van der Waals surface area contributed by atoms with Gasteiger partial charge in [-0.25, -0.2) is 4.39 Å². The highest BCUT2D eigenvalue weighted by atomic mass is 35.5. The van der Waals surface area contributed by atoms with E-state index in [9.17, 15) is 14.0 Å². The minimum absolute atomic E-state index is 0. The Kier molecular flexibility index (Phi) is 7.81. The fourth-order valence-electron chi connectivity index (χ4n) is 3.35. The molecule has 2 amide bonds. The van der Waals surface area contributed by atoms with Crippen LogP contribution in [0, 0.1) is 5.82 Å². The predicted octanol–water partition coefficient (Wildman–Crippen LogP) is 0.839. The van der Waals surface area contributed by atoms with E-state index < -0.39 is 0 Å². The average molecular weight is 386 g/mol. The lowest BCUT2D eigenvalue weighted by Crippen LogP contribution is -2.48. The Morgan fingerprint density at radius 3 is 2.58 bits per heavy atom. The molecule has 26 heavy (non-hydrogen) atoms. The highest BCUT2D eigenvalue weighted by molar-refractivity contribution is 5.85. The zero-order valence-corrected chi connectivity index (χ0v) is 15.5.